The second-order valence-corrected chi connectivity index (χ2v) is 6.33. The van der Waals surface area contributed by atoms with E-state index in [9.17, 15) is 4.79 Å². The summed E-state index contributed by atoms with van der Waals surface area (Å²) in [6.07, 6.45) is 1.78. The molecule has 0 aliphatic carbocycles. The van der Waals surface area contributed by atoms with Crippen LogP contribution in [0.2, 0.25) is 0 Å². The number of carbonyl (C=O) groups is 1. The highest BCUT2D eigenvalue weighted by atomic mass is 16.5. The Bertz CT molecular complexity index is 724. The molecule has 6 heteroatoms. The summed E-state index contributed by atoms with van der Waals surface area (Å²) in [7, 11) is 1.84. The number of amides is 2. The third kappa shape index (κ3) is 4.02. The van der Waals surface area contributed by atoms with E-state index in [0.29, 0.717) is 19.7 Å². The summed E-state index contributed by atoms with van der Waals surface area (Å²) in [6, 6.07) is 10.3. The van der Waals surface area contributed by atoms with Crippen LogP contribution in [-0.2, 0) is 24.6 Å². The van der Waals surface area contributed by atoms with Gasteiger partial charge in [-0.3, -0.25) is 10.00 Å². The van der Waals surface area contributed by atoms with Gasteiger partial charge in [-0.05, 0) is 24.0 Å². The summed E-state index contributed by atoms with van der Waals surface area (Å²) in [5.74, 6) is 0.720. The number of anilines is 1. The van der Waals surface area contributed by atoms with Crippen LogP contribution in [0.25, 0.3) is 0 Å². The second kappa shape index (κ2) is 7.70. The topological polar surface area (TPSA) is 59.4 Å². The molecule has 0 bridgehead atoms. The maximum Gasteiger partial charge on any atom is 0.323 e. The Labute approximate surface area is 148 Å². The first-order chi connectivity index (χ1) is 12.1. The fourth-order valence-corrected chi connectivity index (χ4v) is 3.01. The maximum atomic E-state index is 12.6. The number of aromatic nitrogens is 2. The molecule has 1 aliphatic rings. The van der Waals surface area contributed by atoms with Gasteiger partial charge >= 0.3 is 6.03 Å². The minimum Gasteiger partial charge on any atom is -0.370 e. The van der Waals surface area contributed by atoms with Gasteiger partial charge in [0.1, 0.15) is 11.9 Å². The number of rotatable bonds is 4. The van der Waals surface area contributed by atoms with Crippen LogP contribution in [0.5, 0.6) is 0 Å². The van der Waals surface area contributed by atoms with Gasteiger partial charge in [-0.25, -0.2) is 4.79 Å². The molecule has 1 aliphatic heterocycles. The molecule has 1 atom stereocenters. The number of nitrogens with one attached hydrogen (secondary N) is 1. The summed E-state index contributed by atoms with van der Waals surface area (Å²) in [5, 5.41) is 7.32. The molecule has 1 aromatic carbocycles. The van der Waals surface area contributed by atoms with Gasteiger partial charge in [-0.15, -0.1) is 0 Å². The Morgan fingerprint density at radius 1 is 1.28 bits per heavy atom. The Hall–Kier alpha value is -2.34. The van der Waals surface area contributed by atoms with Gasteiger partial charge in [-0.1, -0.05) is 38.1 Å². The number of nitrogens with zero attached hydrogens (tertiary/aromatic N) is 3. The molecule has 1 fully saturated rings. The zero-order valence-corrected chi connectivity index (χ0v) is 15.2. The quantitative estimate of drug-likeness (QED) is 0.928. The van der Waals surface area contributed by atoms with Crippen molar-refractivity contribution in [3.05, 3.63) is 47.2 Å². The van der Waals surface area contributed by atoms with E-state index in [1.54, 1.807) is 9.58 Å². The second-order valence-electron chi connectivity index (χ2n) is 6.33. The molecular weight excluding hydrogens is 316 g/mol. The lowest BCUT2D eigenvalue weighted by molar-refractivity contribution is -0.0135. The third-order valence-corrected chi connectivity index (χ3v) is 4.64. The molecule has 1 N–H and O–H groups in total. The minimum absolute atomic E-state index is 0.0804. The monoisotopic (exact) mass is 342 g/mol. The van der Waals surface area contributed by atoms with Crippen LogP contribution < -0.4 is 5.32 Å². The Balaban J connectivity index is 1.65. The fourth-order valence-electron chi connectivity index (χ4n) is 3.01. The number of hydrogen-bond acceptors (Lipinski definition) is 3. The van der Waals surface area contributed by atoms with Crippen molar-refractivity contribution >= 4 is 11.8 Å². The highest BCUT2D eigenvalue weighted by molar-refractivity contribution is 5.88. The van der Waals surface area contributed by atoms with Crippen molar-refractivity contribution < 1.29 is 9.53 Å². The van der Waals surface area contributed by atoms with E-state index < -0.39 is 0 Å². The normalized spacial score (nSPS) is 17.6. The maximum absolute atomic E-state index is 12.6. The van der Waals surface area contributed by atoms with Crippen LogP contribution in [0.4, 0.5) is 10.6 Å². The molecule has 1 aromatic heterocycles. The van der Waals surface area contributed by atoms with E-state index in [-0.39, 0.29) is 12.1 Å². The van der Waals surface area contributed by atoms with Gasteiger partial charge in [0, 0.05) is 19.7 Å². The van der Waals surface area contributed by atoms with Crippen molar-refractivity contribution in [3.8, 4) is 0 Å². The number of aryl methyl sites for hydroxylation is 3. The summed E-state index contributed by atoms with van der Waals surface area (Å²) < 4.78 is 7.58. The zero-order valence-electron chi connectivity index (χ0n) is 15.2. The first kappa shape index (κ1) is 17.5. The fraction of sp³-hybridized carbons (Fsp3) is 0.474. The van der Waals surface area contributed by atoms with Crippen LogP contribution in [-0.4, -0.2) is 40.4 Å². The molecule has 2 heterocycles. The van der Waals surface area contributed by atoms with E-state index >= 15 is 0 Å². The lowest BCUT2D eigenvalue weighted by Crippen LogP contribution is -2.44. The molecule has 0 spiro atoms. The minimum atomic E-state index is -0.107. The molecule has 3 rings (SSSR count). The first-order valence-electron chi connectivity index (χ1n) is 8.90. The van der Waals surface area contributed by atoms with Crippen molar-refractivity contribution in [2.45, 2.75) is 32.8 Å². The van der Waals surface area contributed by atoms with Crippen LogP contribution >= 0.6 is 0 Å². The number of urea groups is 1. The summed E-state index contributed by atoms with van der Waals surface area (Å²) in [6.45, 7) is 5.87. The van der Waals surface area contributed by atoms with Crippen LogP contribution in [0, 0.1) is 0 Å². The molecule has 1 unspecified atom stereocenters. The number of benzene rings is 1. The van der Waals surface area contributed by atoms with Crippen molar-refractivity contribution in [1.29, 1.82) is 0 Å². The predicted molar refractivity (Wildman–Crippen MR) is 97.7 cm³/mol. The molecule has 0 radical (unpaired) electrons. The molecule has 0 saturated carbocycles. The van der Waals surface area contributed by atoms with Crippen molar-refractivity contribution in [3.63, 3.8) is 0 Å². The number of hydrogen-bond donors (Lipinski definition) is 1. The first-order valence-corrected chi connectivity index (χ1v) is 8.90. The Kier molecular flexibility index (Phi) is 5.38. The number of morpholine rings is 1. The summed E-state index contributed by atoms with van der Waals surface area (Å²) in [4.78, 5) is 14.4. The van der Waals surface area contributed by atoms with E-state index in [2.05, 4.69) is 41.6 Å². The Morgan fingerprint density at radius 3 is 2.68 bits per heavy atom. The number of carbonyl (C=O) groups excluding carboxylic acids is 1. The molecule has 1 saturated heterocycles. The average molecular weight is 342 g/mol. The van der Waals surface area contributed by atoms with Gasteiger partial charge in [0.05, 0.1) is 18.8 Å². The van der Waals surface area contributed by atoms with Crippen molar-refractivity contribution in [2.24, 2.45) is 7.05 Å². The van der Waals surface area contributed by atoms with Gasteiger partial charge < -0.3 is 9.64 Å². The van der Waals surface area contributed by atoms with Gasteiger partial charge in [0.2, 0.25) is 0 Å². The molecule has 2 amide bonds. The third-order valence-electron chi connectivity index (χ3n) is 4.64. The summed E-state index contributed by atoms with van der Waals surface area (Å²) >= 11 is 0. The standard InChI is InChI=1S/C19H26N4O2/c1-4-14-6-8-15(9-7-14)17-13-23(10-11-25-17)19(24)20-18-12-16(5-2)21-22(18)3/h6-9,12,17H,4-5,10-11,13H2,1-3H3,(H,20,24). The highest BCUT2D eigenvalue weighted by Gasteiger charge is 2.26. The van der Waals surface area contributed by atoms with Gasteiger partial charge in [0.15, 0.2) is 0 Å². The van der Waals surface area contributed by atoms with E-state index in [1.165, 1.54) is 5.56 Å². The number of ether oxygens (including phenoxy) is 1. The lowest BCUT2D eigenvalue weighted by Gasteiger charge is -2.33. The smallest absolute Gasteiger partial charge is 0.323 e. The average Bonchev–Trinajstić information content (AvgIpc) is 3.01. The molecule has 2 aromatic rings. The van der Waals surface area contributed by atoms with Crippen LogP contribution in [0.15, 0.2) is 30.3 Å². The van der Waals surface area contributed by atoms with Crippen LogP contribution in [0.1, 0.15) is 36.8 Å². The summed E-state index contributed by atoms with van der Waals surface area (Å²) in [5.41, 5.74) is 3.38. The molecule has 134 valence electrons. The zero-order chi connectivity index (χ0) is 17.8. The molecule has 6 nitrogen and oxygen atoms in total. The largest absolute Gasteiger partial charge is 0.370 e. The lowest BCUT2D eigenvalue weighted by atomic mass is 10.0. The van der Waals surface area contributed by atoms with E-state index in [0.717, 1.165) is 29.9 Å². The van der Waals surface area contributed by atoms with E-state index in [1.807, 2.05) is 20.0 Å². The SMILES string of the molecule is CCc1ccc(C2CN(C(=O)Nc3cc(CC)nn3C)CCO2)cc1. The van der Waals surface area contributed by atoms with Gasteiger partial charge in [0.25, 0.3) is 0 Å². The molecular formula is C19H26N4O2. The van der Waals surface area contributed by atoms with Crippen molar-refractivity contribution in [1.82, 2.24) is 14.7 Å². The van der Waals surface area contributed by atoms with Crippen molar-refractivity contribution in [2.75, 3.05) is 25.0 Å². The molecule has 25 heavy (non-hydrogen) atoms. The predicted octanol–water partition coefficient (Wildman–Crippen LogP) is 3.15. The van der Waals surface area contributed by atoms with E-state index in [4.69, 9.17) is 4.74 Å². The Morgan fingerprint density at radius 2 is 2.04 bits per heavy atom. The van der Waals surface area contributed by atoms with Gasteiger partial charge in [-0.2, -0.15) is 5.10 Å². The van der Waals surface area contributed by atoms with Crippen LogP contribution in [0.3, 0.4) is 0 Å². The highest BCUT2D eigenvalue weighted by Crippen LogP contribution is 2.23.